The Hall–Kier alpha value is -1.90. The molecular formula is C14H16N2O. The van der Waals surface area contributed by atoms with E-state index in [1.807, 2.05) is 51.1 Å². The number of aromatic nitrogens is 1. The molecule has 0 unspecified atom stereocenters. The molecule has 1 aromatic heterocycles. The average Bonchev–Trinajstić information content (AvgIpc) is 2.28. The third-order valence-corrected chi connectivity index (χ3v) is 2.58. The van der Waals surface area contributed by atoms with E-state index in [2.05, 4.69) is 10.3 Å². The van der Waals surface area contributed by atoms with Crippen LogP contribution >= 0.6 is 0 Å². The number of fused-ring (bicyclic) bond motifs is 1. The summed E-state index contributed by atoms with van der Waals surface area (Å²) in [5, 5.41) is 3.91. The molecule has 0 radical (unpaired) electrons. The molecule has 1 aromatic carbocycles. The van der Waals surface area contributed by atoms with Crippen molar-refractivity contribution < 1.29 is 4.79 Å². The monoisotopic (exact) mass is 228 g/mol. The number of carbonyl (C=O) groups is 1. The summed E-state index contributed by atoms with van der Waals surface area (Å²) in [6, 6.07) is 9.55. The number of anilines is 1. The topological polar surface area (TPSA) is 42.0 Å². The fourth-order valence-electron chi connectivity index (χ4n) is 1.52. The zero-order valence-corrected chi connectivity index (χ0v) is 10.3. The number of carbonyl (C=O) groups excluding carboxylic acids is 1. The van der Waals surface area contributed by atoms with E-state index in [1.54, 1.807) is 6.20 Å². The molecule has 2 rings (SSSR count). The Morgan fingerprint density at radius 2 is 1.94 bits per heavy atom. The van der Waals surface area contributed by atoms with Crippen LogP contribution in [0.1, 0.15) is 20.8 Å². The predicted molar refractivity (Wildman–Crippen MR) is 69.8 cm³/mol. The lowest BCUT2D eigenvalue weighted by Gasteiger charge is -2.18. The molecule has 1 amide bonds. The normalized spacial score (nSPS) is 11.5. The smallest absolute Gasteiger partial charge is 0.229 e. The fourth-order valence-corrected chi connectivity index (χ4v) is 1.52. The van der Waals surface area contributed by atoms with E-state index in [4.69, 9.17) is 0 Å². The summed E-state index contributed by atoms with van der Waals surface area (Å²) in [4.78, 5) is 16.2. The number of nitrogens with zero attached hydrogens (tertiary/aromatic N) is 1. The average molecular weight is 228 g/mol. The lowest BCUT2D eigenvalue weighted by Crippen LogP contribution is -2.27. The van der Waals surface area contributed by atoms with Crippen molar-refractivity contribution in [2.24, 2.45) is 5.41 Å². The molecule has 0 aliphatic rings. The van der Waals surface area contributed by atoms with Crippen molar-refractivity contribution in [3.05, 3.63) is 36.5 Å². The summed E-state index contributed by atoms with van der Waals surface area (Å²) < 4.78 is 0. The summed E-state index contributed by atoms with van der Waals surface area (Å²) in [7, 11) is 0. The summed E-state index contributed by atoms with van der Waals surface area (Å²) in [6.07, 6.45) is 1.75. The minimum Gasteiger partial charge on any atom is -0.325 e. The highest BCUT2D eigenvalue weighted by Gasteiger charge is 2.21. The Morgan fingerprint density at radius 1 is 1.18 bits per heavy atom. The number of rotatable bonds is 1. The molecule has 0 saturated carbocycles. The summed E-state index contributed by atoms with van der Waals surface area (Å²) in [6.45, 7) is 5.68. The number of benzene rings is 1. The minimum atomic E-state index is -0.398. The van der Waals surface area contributed by atoms with Crippen molar-refractivity contribution in [3.8, 4) is 0 Å². The van der Waals surface area contributed by atoms with Gasteiger partial charge in [0.15, 0.2) is 0 Å². The molecular weight excluding hydrogens is 212 g/mol. The first kappa shape index (κ1) is 11.6. The third kappa shape index (κ3) is 2.44. The summed E-state index contributed by atoms with van der Waals surface area (Å²) in [5.74, 6) is 0.00820. The van der Waals surface area contributed by atoms with Crippen molar-refractivity contribution in [2.45, 2.75) is 20.8 Å². The van der Waals surface area contributed by atoms with Gasteiger partial charge in [0.1, 0.15) is 0 Å². The predicted octanol–water partition coefficient (Wildman–Crippen LogP) is 3.22. The van der Waals surface area contributed by atoms with E-state index in [1.165, 1.54) is 0 Å². The molecule has 0 bridgehead atoms. The van der Waals surface area contributed by atoms with Gasteiger partial charge in [-0.2, -0.15) is 0 Å². The number of amides is 1. The van der Waals surface area contributed by atoms with Crippen LogP contribution in [0.15, 0.2) is 36.5 Å². The summed E-state index contributed by atoms with van der Waals surface area (Å²) >= 11 is 0. The second kappa shape index (κ2) is 4.17. The second-order valence-corrected chi connectivity index (χ2v) is 5.08. The lowest BCUT2D eigenvalue weighted by atomic mass is 9.95. The molecule has 3 nitrogen and oxygen atoms in total. The van der Waals surface area contributed by atoms with Crippen LogP contribution in [0.4, 0.5) is 5.69 Å². The van der Waals surface area contributed by atoms with E-state index in [0.29, 0.717) is 0 Å². The lowest BCUT2D eigenvalue weighted by molar-refractivity contribution is -0.123. The van der Waals surface area contributed by atoms with Gasteiger partial charge in [0.2, 0.25) is 5.91 Å². The van der Waals surface area contributed by atoms with Crippen molar-refractivity contribution in [1.29, 1.82) is 0 Å². The highest BCUT2D eigenvalue weighted by molar-refractivity contribution is 6.02. The van der Waals surface area contributed by atoms with Crippen LogP contribution in [0, 0.1) is 5.41 Å². The van der Waals surface area contributed by atoms with Gasteiger partial charge in [0.25, 0.3) is 0 Å². The van der Waals surface area contributed by atoms with Gasteiger partial charge in [-0.3, -0.25) is 9.78 Å². The second-order valence-electron chi connectivity index (χ2n) is 5.08. The highest BCUT2D eigenvalue weighted by Crippen LogP contribution is 2.24. The molecule has 1 heterocycles. The van der Waals surface area contributed by atoms with E-state index >= 15 is 0 Å². The van der Waals surface area contributed by atoms with Crippen molar-refractivity contribution >= 4 is 22.5 Å². The number of hydrogen-bond acceptors (Lipinski definition) is 2. The van der Waals surface area contributed by atoms with E-state index in [-0.39, 0.29) is 5.91 Å². The molecule has 0 spiro atoms. The zero-order valence-electron chi connectivity index (χ0n) is 10.3. The minimum absolute atomic E-state index is 0.00820. The van der Waals surface area contributed by atoms with Gasteiger partial charge in [-0.05, 0) is 24.3 Å². The molecule has 0 aliphatic heterocycles. The summed E-state index contributed by atoms with van der Waals surface area (Å²) in [5.41, 5.74) is 1.31. The number of nitrogens with one attached hydrogen (secondary N) is 1. The van der Waals surface area contributed by atoms with E-state index in [0.717, 1.165) is 16.6 Å². The van der Waals surface area contributed by atoms with Crippen LogP contribution in [-0.2, 0) is 4.79 Å². The molecule has 0 aliphatic carbocycles. The maximum atomic E-state index is 11.9. The van der Waals surface area contributed by atoms with Crippen molar-refractivity contribution in [3.63, 3.8) is 0 Å². The molecule has 0 fully saturated rings. The SMILES string of the molecule is CC(C)(C)C(=O)Nc1cccc2ncccc12. The van der Waals surface area contributed by atoms with Crippen LogP contribution in [-0.4, -0.2) is 10.9 Å². The van der Waals surface area contributed by atoms with E-state index < -0.39 is 5.41 Å². The number of hydrogen-bond donors (Lipinski definition) is 1. The Labute approximate surface area is 101 Å². The maximum absolute atomic E-state index is 11.9. The van der Waals surface area contributed by atoms with Gasteiger partial charge < -0.3 is 5.32 Å². The van der Waals surface area contributed by atoms with Crippen molar-refractivity contribution in [1.82, 2.24) is 4.98 Å². The molecule has 17 heavy (non-hydrogen) atoms. The van der Waals surface area contributed by atoms with Gasteiger partial charge in [-0.1, -0.05) is 26.8 Å². The third-order valence-electron chi connectivity index (χ3n) is 2.58. The maximum Gasteiger partial charge on any atom is 0.229 e. The van der Waals surface area contributed by atoms with Gasteiger partial charge in [-0.15, -0.1) is 0 Å². The molecule has 0 saturated heterocycles. The molecule has 2 aromatic rings. The molecule has 3 heteroatoms. The molecule has 1 N–H and O–H groups in total. The highest BCUT2D eigenvalue weighted by atomic mass is 16.2. The van der Waals surface area contributed by atoms with Crippen LogP contribution in [0.2, 0.25) is 0 Å². The Morgan fingerprint density at radius 3 is 2.65 bits per heavy atom. The first-order chi connectivity index (χ1) is 7.98. The Kier molecular flexibility index (Phi) is 2.84. The van der Waals surface area contributed by atoms with Gasteiger partial charge in [0.05, 0.1) is 11.2 Å². The Bertz CT molecular complexity index is 550. The van der Waals surface area contributed by atoms with Crippen LogP contribution in [0.3, 0.4) is 0 Å². The van der Waals surface area contributed by atoms with Gasteiger partial charge >= 0.3 is 0 Å². The standard InChI is InChI=1S/C14H16N2O/c1-14(2,3)13(17)16-12-8-4-7-11-10(12)6-5-9-15-11/h4-9H,1-3H3,(H,16,17). The first-order valence-electron chi connectivity index (χ1n) is 5.64. The van der Waals surface area contributed by atoms with Crippen molar-refractivity contribution in [2.75, 3.05) is 5.32 Å². The largest absolute Gasteiger partial charge is 0.325 e. The fraction of sp³-hybridized carbons (Fsp3) is 0.286. The van der Waals surface area contributed by atoms with Crippen LogP contribution in [0.25, 0.3) is 10.9 Å². The quantitative estimate of drug-likeness (QED) is 0.814. The Balaban J connectivity index is 2.40. The first-order valence-corrected chi connectivity index (χ1v) is 5.64. The van der Waals surface area contributed by atoms with Crippen LogP contribution < -0.4 is 5.32 Å². The zero-order chi connectivity index (χ0) is 12.5. The van der Waals surface area contributed by atoms with Gasteiger partial charge in [-0.25, -0.2) is 0 Å². The van der Waals surface area contributed by atoms with Crippen LogP contribution in [0.5, 0.6) is 0 Å². The van der Waals surface area contributed by atoms with Gasteiger partial charge in [0, 0.05) is 17.0 Å². The molecule has 0 atom stereocenters. The van der Waals surface area contributed by atoms with E-state index in [9.17, 15) is 4.79 Å². The number of pyridine rings is 1. The molecule has 88 valence electrons.